The molecule has 12 nitrogen and oxygen atoms in total. The molecule has 1 saturated heterocycles. The summed E-state index contributed by atoms with van der Waals surface area (Å²) in [7, 11) is -2.27. The summed E-state index contributed by atoms with van der Waals surface area (Å²) in [6.07, 6.45) is 1.40. The monoisotopic (exact) mass is 722 g/mol. The van der Waals surface area contributed by atoms with Gasteiger partial charge in [-0.2, -0.15) is 0 Å². The molecule has 2 aliphatic rings. The Morgan fingerprint density at radius 3 is 2.46 bits per heavy atom. The molecule has 1 aliphatic heterocycles. The molecule has 1 aromatic carbocycles. The van der Waals surface area contributed by atoms with Crippen LogP contribution in [0.4, 0.5) is 0 Å². The second kappa shape index (κ2) is 14.1. The maximum atomic E-state index is 14.1. The Morgan fingerprint density at radius 1 is 1.24 bits per heavy atom. The number of fused-ring (bicyclic) bond motifs is 1. The van der Waals surface area contributed by atoms with E-state index in [9.17, 15) is 18.9 Å². The van der Waals surface area contributed by atoms with Gasteiger partial charge in [-0.15, -0.1) is 6.58 Å². The van der Waals surface area contributed by atoms with Crippen LogP contribution in [0.3, 0.4) is 0 Å². The predicted octanol–water partition coefficient (Wildman–Crippen LogP) is 4.83. The molecule has 0 bridgehead atoms. The number of pyridine rings is 1. The number of amides is 2. The van der Waals surface area contributed by atoms with Crippen LogP contribution in [-0.4, -0.2) is 83.1 Å². The zero-order valence-corrected chi connectivity index (χ0v) is 29.7. The second-order valence-corrected chi connectivity index (χ2v) is 15.4. The molecule has 1 saturated carbocycles. The number of alkyl halides is 1. The number of hydrogen-bond acceptors (Lipinski definition) is 10. The van der Waals surface area contributed by atoms with Gasteiger partial charge < -0.3 is 34.5 Å². The van der Waals surface area contributed by atoms with Gasteiger partial charge in [-0.1, -0.05) is 42.8 Å². The number of ketones is 1. The number of likely N-dealkylation sites (tertiary alicyclic amines) is 1. The Bertz CT molecular complexity index is 1540. The summed E-state index contributed by atoms with van der Waals surface area (Å²) in [5.74, 6) is -0.599. The molecule has 5 atom stereocenters. The van der Waals surface area contributed by atoms with Crippen LogP contribution in [0.1, 0.15) is 57.9 Å². The fourth-order valence-corrected chi connectivity index (χ4v) is 8.38. The largest absolute Gasteiger partial charge is 0.497 e. The normalized spacial score (nSPS) is 23.6. The second-order valence-electron chi connectivity index (χ2n) is 12.6. The zero-order valence-electron chi connectivity index (χ0n) is 27.2. The number of carbonyl (C=O) groups is 3. The molecule has 2 amide bonds. The molecule has 1 aromatic heterocycles. The number of nitrogens with one attached hydrogen (secondary N) is 1. The first-order valence-corrected chi connectivity index (χ1v) is 18.0. The predicted molar refractivity (Wildman–Crippen MR) is 178 cm³/mol. The lowest BCUT2D eigenvalue weighted by atomic mass is 9.86. The van der Waals surface area contributed by atoms with Gasteiger partial charge in [-0.05, 0) is 37.8 Å². The van der Waals surface area contributed by atoms with Crippen molar-refractivity contribution in [2.75, 3.05) is 32.2 Å². The van der Waals surface area contributed by atoms with Gasteiger partial charge in [0, 0.05) is 29.9 Å². The first-order chi connectivity index (χ1) is 21.7. The summed E-state index contributed by atoms with van der Waals surface area (Å²) in [6, 6.07) is 4.90. The standard InChI is InChI=1S/C32H44BrN4O8P/c1-8-19-16-32(19,46(41,43-9-2)44-10-3)36-29(39)25-14-21(18-37(25)30(40)28(34)31(4,5)6)45-27-15-24(26(38)17-33)35-23-13-20(42-7)11-12-22(23)27/h8,11-13,15,19,21,25,28H,1,9-10,14,16-18,34H2,2-7H3,(H,36,39)/t19-,21-,25+,28-,32+/m1/s1. The Hall–Kier alpha value is -2.83. The first kappa shape index (κ1) is 36.0. The van der Waals surface area contributed by atoms with Crippen molar-refractivity contribution in [3.05, 3.63) is 42.6 Å². The van der Waals surface area contributed by atoms with E-state index < -0.39 is 48.3 Å². The van der Waals surface area contributed by atoms with Crippen LogP contribution < -0.4 is 20.5 Å². The van der Waals surface area contributed by atoms with E-state index in [-0.39, 0.29) is 48.9 Å². The van der Waals surface area contributed by atoms with Crippen molar-refractivity contribution in [3.8, 4) is 11.5 Å². The van der Waals surface area contributed by atoms with Crippen molar-refractivity contribution < 1.29 is 37.5 Å². The van der Waals surface area contributed by atoms with E-state index in [4.69, 9.17) is 24.3 Å². The highest BCUT2D eigenvalue weighted by Crippen LogP contribution is 2.72. The topological polar surface area (TPSA) is 159 Å². The van der Waals surface area contributed by atoms with Gasteiger partial charge in [0.05, 0.1) is 43.8 Å². The number of Topliss-reactive ketones (excluding diaryl/α,β-unsaturated/α-hetero) is 1. The summed E-state index contributed by atoms with van der Waals surface area (Å²) < 4.78 is 37.1. The Balaban J connectivity index is 1.70. The summed E-state index contributed by atoms with van der Waals surface area (Å²) in [4.78, 5) is 46.5. The lowest BCUT2D eigenvalue weighted by Crippen LogP contribution is -2.56. The van der Waals surface area contributed by atoms with E-state index in [2.05, 4.69) is 32.8 Å². The van der Waals surface area contributed by atoms with Crippen LogP contribution in [0.5, 0.6) is 11.5 Å². The van der Waals surface area contributed by atoms with Crippen molar-refractivity contribution >= 4 is 52.0 Å². The number of carbonyl (C=O) groups excluding carboxylic acids is 3. The van der Waals surface area contributed by atoms with Crippen molar-refractivity contribution in [1.82, 2.24) is 15.2 Å². The minimum atomic E-state index is -3.81. The van der Waals surface area contributed by atoms with E-state index >= 15 is 0 Å². The average molecular weight is 724 g/mol. The van der Waals surface area contributed by atoms with Crippen LogP contribution >= 0.6 is 23.5 Å². The van der Waals surface area contributed by atoms with Crippen LogP contribution in [0.25, 0.3) is 10.9 Å². The maximum Gasteiger partial charge on any atom is 0.356 e. The van der Waals surface area contributed by atoms with Crippen molar-refractivity contribution in [2.24, 2.45) is 17.1 Å². The SMILES string of the molecule is C=C[C@@H]1C[C@]1(NC(=O)[C@@H]1C[C@@H](Oc2cc(C(=O)CBr)nc3cc(OC)ccc23)CN1C(=O)[C@@H](N)C(C)(C)C)P(=O)(OCC)OCC. The molecule has 3 N–H and O–H groups in total. The quantitative estimate of drug-likeness (QED) is 0.120. The van der Waals surface area contributed by atoms with Gasteiger partial charge in [0.25, 0.3) is 0 Å². The number of ether oxygens (including phenoxy) is 2. The number of halogens is 1. The first-order valence-electron chi connectivity index (χ1n) is 15.3. The van der Waals surface area contributed by atoms with E-state index in [1.165, 1.54) is 12.0 Å². The van der Waals surface area contributed by atoms with Crippen molar-refractivity contribution in [3.63, 3.8) is 0 Å². The summed E-state index contributed by atoms with van der Waals surface area (Å²) in [6.45, 7) is 13.1. The zero-order chi connectivity index (χ0) is 34.0. The Morgan fingerprint density at radius 2 is 1.91 bits per heavy atom. The molecule has 46 heavy (non-hydrogen) atoms. The van der Waals surface area contributed by atoms with Gasteiger partial charge in [0.15, 0.2) is 5.78 Å². The number of hydrogen-bond donors (Lipinski definition) is 2. The minimum absolute atomic E-state index is 0.0505. The summed E-state index contributed by atoms with van der Waals surface area (Å²) >= 11 is 3.21. The lowest BCUT2D eigenvalue weighted by molar-refractivity contribution is -0.141. The fourth-order valence-electron chi connectivity index (χ4n) is 5.70. The van der Waals surface area contributed by atoms with E-state index in [1.807, 2.05) is 20.8 Å². The summed E-state index contributed by atoms with van der Waals surface area (Å²) in [5.41, 5.74) is 6.50. The highest BCUT2D eigenvalue weighted by Gasteiger charge is 2.68. The molecule has 2 aromatic rings. The third-order valence-electron chi connectivity index (χ3n) is 8.42. The average Bonchev–Trinajstić information content (AvgIpc) is 3.59. The number of nitrogens with two attached hydrogens (primary N) is 1. The molecule has 2 heterocycles. The van der Waals surface area contributed by atoms with E-state index in [1.54, 1.807) is 44.2 Å². The van der Waals surface area contributed by atoms with Crippen LogP contribution in [0.15, 0.2) is 36.9 Å². The number of nitrogens with zero attached hydrogens (tertiary/aromatic N) is 2. The highest BCUT2D eigenvalue weighted by molar-refractivity contribution is 9.09. The van der Waals surface area contributed by atoms with Gasteiger partial charge in [0.2, 0.25) is 11.8 Å². The van der Waals surface area contributed by atoms with E-state index in [0.29, 0.717) is 28.8 Å². The molecule has 2 fully saturated rings. The third-order valence-corrected chi connectivity index (χ3v) is 11.7. The van der Waals surface area contributed by atoms with Crippen LogP contribution in [-0.2, 0) is 23.2 Å². The number of aromatic nitrogens is 1. The molecule has 4 rings (SSSR count). The maximum absolute atomic E-state index is 14.1. The molecule has 0 unspecified atom stereocenters. The minimum Gasteiger partial charge on any atom is -0.497 e. The van der Waals surface area contributed by atoms with Gasteiger partial charge >= 0.3 is 7.60 Å². The summed E-state index contributed by atoms with van der Waals surface area (Å²) in [5, 5.41) is 2.34. The number of benzene rings is 1. The number of methoxy groups -OCH3 is 1. The molecule has 0 spiro atoms. The number of rotatable bonds is 14. The molecule has 1 aliphatic carbocycles. The van der Waals surface area contributed by atoms with E-state index in [0.717, 1.165) is 0 Å². The Labute approximate surface area is 278 Å². The van der Waals surface area contributed by atoms with Gasteiger partial charge in [-0.25, -0.2) is 4.98 Å². The molecular formula is C32H44BrN4O8P. The molecule has 252 valence electrons. The van der Waals surface area contributed by atoms with Crippen LogP contribution in [0, 0.1) is 11.3 Å². The van der Waals surface area contributed by atoms with Gasteiger partial charge in [-0.3, -0.25) is 18.9 Å². The molecule has 14 heteroatoms. The molecule has 0 radical (unpaired) electrons. The Kier molecular flexibility index (Phi) is 11.0. The van der Waals surface area contributed by atoms with Gasteiger partial charge in [0.1, 0.15) is 34.6 Å². The smallest absolute Gasteiger partial charge is 0.356 e. The highest BCUT2D eigenvalue weighted by atomic mass is 79.9. The van der Waals surface area contributed by atoms with Crippen molar-refractivity contribution in [2.45, 2.75) is 70.9 Å². The van der Waals surface area contributed by atoms with Crippen LogP contribution in [0.2, 0.25) is 0 Å². The fraction of sp³-hybridized carbons (Fsp3) is 0.562. The van der Waals surface area contributed by atoms with Crippen molar-refractivity contribution in [1.29, 1.82) is 0 Å². The lowest BCUT2D eigenvalue weighted by Gasteiger charge is -2.34. The third kappa shape index (κ3) is 7.04. The molecular weight excluding hydrogens is 679 g/mol.